The van der Waals surface area contributed by atoms with Crippen molar-refractivity contribution in [2.75, 3.05) is 5.32 Å². The number of anilines is 1. The summed E-state index contributed by atoms with van der Waals surface area (Å²) < 4.78 is 0. The highest BCUT2D eigenvalue weighted by Gasteiger charge is 2.14. The van der Waals surface area contributed by atoms with Crippen LogP contribution in [0.4, 0.5) is 5.69 Å². The summed E-state index contributed by atoms with van der Waals surface area (Å²) >= 11 is 0. The molecular weight excluding hydrogens is 280 g/mol. The van der Waals surface area contributed by atoms with E-state index in [1.54, 1.807) is 19.2 Å². The molecular formula is C15H12N6O. The van der Waals surface area contributed by atoms with Gasteiger partial charge in [0.05, 0.1) is 5.52 Å². The van der Waals surface area contributed by atoms with E-state index in [0.29, 0.717) is 11.4 Å². The summed E-state index contributed by atoms with van der Waals surface area (Å²) in [5.74, 6) is -0.263. The number of amides is 1. The van der Waals surface area contributed by atoms with Crippen LogP contribution in [0.15, 0.2) is 42.5 Å². The number of hydrogen-bond acceptors (Lipinski definition) is 4. The molecule has 2 N–H and O–H groups in total. The average molecular weight is 292 g/mol. The van der Waals surface area contributed by atoms with E-state index >= 15 is 0 Å². The maximum Gasteiger partial charge on any atom is 0.276 e. The van der Waals surface area contributed by atoms with Crippen molar-refractivity contribution in [1.82, 2.24) is 25.2 Å². The van der Waals surface area contributed by atoms with Crippen molar-refractivity contribution in [2.24, 2.45) is 7.05 Å². The Hall–Kier alpha value is -3.22. The molecule has 4 aromatic rings. The predicted octanol–water partition coefficient (Wildman–Crippen LogP) is 2.10. The van der Waals surface area contributed by atoms with E-state index in [1.807, 2.05) is 30.3 Å². The zero-order valence-corrected chi connectivity index (χ0v) is 11.7. The zero-order chi connectivity index (χ0) is 15.1. The molecule has 2 heterocycles. The molecule has 22 heavy (non-hydrogen) atoms. The van der Waals surface area contributed by atoms with Crippen LogP contribution in [0.1, 0.15) is 10.5 Å². The number of aryl methyl sites for hydroxylation is 1. The molecule has 0 fully saturated rings. The number of benzene rings is 2. The minimum atomic E-state index is -0.263. The molecule has 2 aromatic heterocycles. The summed E-state index contributed by atoms with van der Waals surface area (Å²) in [4.78, 5) is 13.9. The van der Waals surface area contributed by atoms with Crippen LogP contribution in [-0.2, 0) is 7.05 Å². The van der Waals surface area contributed by atoms with Gasteiger partial charge in [0, 0.05) is 18.1 Å². The summed E-state index contributed by atoms with van der Waals surface area (Å²) in [6.07, 6.45) is 0. The fraction of sp³-hybridized carbons (Fsp3) is 0.0667. The van der Waals surface area contributed by atoms with Crippen LogP contribution in [0.5, 0.6) is 0 Å². The largest absolute Gasteiger partial charge is 0.320 e. The second-order valence-electron chi connectivity index (χ2n) is 4.96. The average Bonchev–Trinajstić information content (AvgIpc) is 3.09. The third kappa shape index (κ3) is 1.99. The van der Waals surface area contributed by atoms with Gasteiger partial charge in [0.2, 0.25) is 0 Å². The number of rotatable bonds is 2. The number of hydrogen-bond donors (Lipinski definition) is 2. The first-order chi connectivity index (χ1) is 10.7. The third-order valence-corrected chi connectivity index (χ3v) is 3.42. The molecule has 7 heteroatoms. The number of aromatic nitrogens is 5. The van der Waals surface area contributed by atoms with E-state index in [2.05, 4.69) is 25.7 Å². The first-order valence-corrected chi connectivity index (χ1v) is 6.76. The highest BCUT2D eigenvalue weighted by molar-refractivity contribution is 6.11. The molecule has 0 aliphatic rings. The number of fused-ring (bicyclic) bond motifs is 2. The molecule has 0 bridgehead atoms. The smallest absolute Gasteiger partial charge is 0.276 e. The quantitative estimate of drug-likeness (QED) is 0.592. The number of carbonyl (C=O) groups is 1. The number of H-pyrrole nitrogens is 1. The SMILES string of the molecule is Cn1nc2ccc(NC(=O)c3n[nH]c4ccccc34)cc2n1. The summed E-state index contributed by atoms with van der Waals surface area (Å²) in [6, 6.07) is 12.9. The topological polar surface area (TPSA) is 88.5 Å². The number of aromatic amines is 1. The fourth-order valence-electron chi connectivity index (χ4n) is 2.43. The van der Waals surface area contributed by atoms with Crippen LogP contribution in [0, 0.1) is 0 Å². The molecule has 0 saturated carbocycles. The highest BCUT2D eigenvalue weighted by atomic mass is 16.1. The Balaban J connectivity index is 1.67. The predicted molar refractivity (Wildman–Crippen MR) is 82.6 cm³/mol. The first-order valence-electron chi connectivity index (χ1n) is 6.76. The van der Waals surface area contributed by atoms with Gasteiger partial charge < -0.3 is 5.32 Å². The van der Waals surface area contributed by atoms with Gasteiger partial charge in [-0.05, 0) is 24.3 Å². The van der Waals surface area contributed by atoms with E-state index < -0.39 is 0 Å². The number of carbonyl (C=O) groups excluding carboxylic acids is 1. The fourth-order valence-corrected chi connectivity index (χ4v) is 2.43. The minimum Gasteiger partial charge on any atom is -0.320 e. The molecule has 7 nitrogen and oxygen atoms in total. The lowest BCUT2D eigenvalue weighted by molar-refractivity contribution is 0.102. The van der Waals surface area contributed by atoms with Gasteiger partial charge in [-0.15, -0.1) is 0 Å². The van der Waals surface area contributed by atoms with Gasteiger partial charge in [-0.3, -0.25) is 9.89 Å². The molecule has 0 saturated heterocycles. The standard InChI is InChI=1S/C15H12N6O/c1-21-19-12-7-6-9(8-13(12)20-21)16-15(22)14-10-4-2-3-5-11(10)17-18-14/h2-8H,1H3,(H,16,22)(H,17,18). The van der Waals surface area contributed by atoms with E-state index in [0.717, 1.165) is 21.9 Å². The van der Waals surface area contributed by atoms with Crippen molar-refractivity contribution in [2.45, 2.75) is 0 Å². The summed E-state index contributed by atoms with van der Waals surface area (Å²) in [5.41, 5.74) is 3.37. The van der Waals surface area contributed by atoms with Gasteiger partial charge >= 0.3 is 0 Å². The summed E-state index contributed by atoms with van der Waals surface area (Å²) in [7, 11) is 1.76. The lowest BCUT2D eigenvalue weighted by Crippen LogP contribution is -2.12. The van der Waals surface area contributed by atoms with Crippen molar-refractivity contribution in [3.05, 3.63) is 48.2 Å². The number of para-hydroxylation sites is 1. The Morgan fingerprint density at radius 3 is 2.86 bits per heavy atom. The van der Waals surface area contributed by atoms with E-state index in [9.17, 15) is 4.79 Å². The summed E-state index contributed by atoms with van der Waals surface area (Å²) in [5, 5.41) is 19.0. The molecule has 0 aliphatic heterocycles. The second-order valence-corrected chi connectivity index (χ2v) is 4.96. The normalized spacial score (nSPS) is 11.1. The van der Waals surface area contributed by atoms with Crippen LogP contribution in [-0.4, -0.2) is 31.1 Å². The van der Waals surface area contributed by atoms with Crippen LogP contribution < -0.4 is 5.32 Å². The minimum absolute atomic E-state index is 0.263. The van der Waals surface area contributed by atoms with E-state index in [4.69, 9.17) is 0 Å². The number of nitrogens with one attached hydrogen (secondary N) is 2. The molecule has 0 unspecified atom stereocenters. The van der Waals surface area contributed by atoms with E-state index in [-0.39, 0.29) is 5.91 Å². The van der Waals surface area contributed by atoms with Crippen molar-refractivity contribution >= 4 is 33.5 Å². The van der Waals surface area contributed by atoms with Crippen LogP contribution in [0.2, 0.25) is 0 Å². The maximum absolute atomic E-state index is 12.4. The Kier molecular flexibility index (Phi) is 2.65. The van der Waals surface area contributed by atoms with Crippen molar-refractivity contribution < 1.29 is 4.79 Å². The second kappa shape index (κ2) is 4.66. The van der Waals surface area contributed by atoms with Crippen molar-refractivity contribution in [3.63, 3.8) is 0 Å². The van der Waals surface area contributed by atoms with Gasteiger partial charge in [0.1, 0.15) is 11.0 Å². The zero-order valence-electron chi connectivity index (χ0n) is 11.7. The molecule has 0 atom stereocenters. The molecule has 108 valence electrons. The molecule has 1 amide bonds. The Morgan fingerprint density at radius 2 is 1.95 bits per heavy atom. The number of nitrogens with zero attached hydrogens (tertiary/aromatic N) is 4. The Bertz CT molecular complexity index is 1000. The van der Waals surface area contributed by atoms with Crippen LogP contribution in [0.3, 0.4) is 0 Å². The molecule has 2 aromatic carbocycles. The molecule has 0 radical (unpaired) electrons. The lowest BCUT2D eigenvalue weighted by Gasteiger charge is -2.02. The van der Waals surface area contributed by atoms with Gasteiger partial charge in [0.25, 0.3) is 5.91 Å². The van der Waals surface area contributed by atoms with Crippen LogP contribution >= 0.6 is 0 Å². The highest BCUT2D eigenvalue weighted by Crippen LogP contribution is 2.19. The Morgan fingerprint density at radius 1 is 1.14 bits per heavy atom. The van der Waals surface area contributed by atoms with Crippen molar-refractivity contribution in [1.29, 1.82) is 0 Å². The van der Waals surface area contributed by atoms with Crippen LogP contribution in [0.25, 0.3) is 21.9 Å². The van der Waals surface area contributed by atoms with Gasteiger partial charge in [-0.1, -0.05) is 18.2 Å². The molecule has 0 aliphatic carbocycles. The monoisotopic (exact) mass is 292 g/mol. The first kappa shape index (κ1) is 12.5. The molecule has 0 spiro atoms. The van der Waals surface area contributed by atoms with Gasteiger partial charge in [0.15, 0.2) is 5.69 Å². The Labute approximate surface area is 124 Å². The molecule has 4 rings (SSSR count). The maximum atomic E-state index is 12.4. The van der Waals surface area contributed by atoms with Gasteiger partial charge in [-0.25, -0.2) is 0 Å². The van der Waals surface area contributed by atoms with E-state index in [1.165, 1.54) is 4.80 Å². The lowest BCUT2D eigenvalue weighted by atomic mass is 10.2. The third-order valence-electron chi connectivity index (χ3n) is 3.42. The van der Waals surface area contributed by atoms with Crippen molar-refractivity contribution in [3.8, 4) is 0 Å². The van der Waals surface area contributed by atoms with Gasteiger partial charge in [-0.2, -0.15) is 20.1 Å². The summed E-state index contributed by atoms with van der Waals surface area (Å²) in [6.45, 7) is 0.